The minimum Gasteiger partial charge on any atom is -0.543 e. The van der Waals surface area contributed by atoms with Crippen molar-refractivity contribution in [1.29, 1.82) is 0 Å². The molecule has 0 bridgehead atoms. The second-order valence-electron chi connectivity index (χ2n) is 3.89. The topological polar surface area (TPSA) is 70.1 Å². The minimum absolute atomic E-state index is 0. The average molecular weight is 352 g/mol. The molecule has 0 radical (unpaired) electrons. The van der Waals surface area contributed by atoms with Crippen LogP contribution in [0, 0.1) is 0 Å². The number of carboxylic acids is 1. The van der Waals surface area contributed by atoms with Crippen LogP contribution in [-0.2, 0) is 16.6 Å². The number of benzene rings is 1. The summed E-state index contributed by atoms with van der Waals surface area (Å²) in [5, 5.41) is 11.5. The van der Waals surface area contributed by atoms with E-state index in [1.54, 1.807) is 18.2 Å². The molecule has 4 nitrogen and oxygen atoms in total. The zero-order valence-electron chi connectivity index (χ0n) is 11.0. The van der Waals surface area contributed by atoms with E-state index in [2.05, 4.69) is 4.98 Å². The molecule has 1 heterocycles. The van der Waals surface area contributed by atoms with Gasteiger partial charge in [0, 0.05) is 16.2 Å². The van der Waals surface area contributed by atoms with Crippen LogP contribution in [0.15, 0.2) is 41.4 Å². The smallest absolute Gasteiger partial charge is 0.543 e. The van der Waals surface area contributed by atoms with Gasteiger partial charge in [-0.05, 0) is 29.8 Å². The molecule has 0 aliphatic rings. The summed E-state index contributed by atoms with van der Waals surface area (Å²) in [6, 6.07) is 7.64. The third kappa shape index (κ3) is 5.06. The van der Waals surface area contributed by atoms with E-state index >= 15 is 0 Å². The zero-order chi connectivity index (χ0) is 14.7. The molecule has 2 rings (SSSR count). The van der Waals surface area contributed by atoms with E-state index in [9.17, 15) is 14.1 Å². The van der Waals surface area contributed by atoms with Crippen molar-refractivity contribution in [1.82, 2.24) is 4.98 Å². The molecule has 1 atom stereocenters. The Bertz CT molecular complexity index is 680. The molecule has 1 aromatic heterocycles. The molecule has 2 aromatic rings. The molecule has 0 saturated carbocycles. The maximum absolute atomic E-state index is 12.1. The van der Waals surface area contributed by atoms with Gasteiger partial charge in [0.05, 0.1) is 33.1 Å². The van der Waals surface area contributed by atoms with Crippen LogP contribution in [0.1, 0.15) is 16.1 Å². The van der Waals surface area contributed by atoms with Crippen molar-refractivity contribution >= 4 is 40.0 Å². The molecule has 0 fully saturated rings. The van der Waals surface area contributed by atoms with E-state index in [1.165, 1.54) is 18.3 Å². The van der Waals surface area contributed by atoms with E-state index < -0.39 is 16.8 Å². The van der Waals surface area contributed by atoms with Crippen LogP contribution in [0.3, 0.4) is 0 Å². The van der Waals surface area contributed by atoms with Crippen LogP contribution in [0.2, 0.25) is 10.0 Å². The Morgan fingerprint density at radius 3 is 2.48 bits per heavy atom. The first-order chi connectivity index (χ1) is 9.47. The van der Waals surface area contributed by atoms with E-state index in [4.69, 9.17) is 23.2 Å². The number of halogens is 2. The largest absolute Gasteiger partial charge is 1.00 e. The molecule has 21 heavy (non-hydrogen) atoms. The number of carbonyl (C=O) groups excluding carboxylic acids is 1. The van der Waals surface area contributed by atoms with Gasteiger partial charge in [0.15, 0.2) is 0 Å². The normalized spacial score (nSPS) is 11.5. The summed E-state index contributed by atoms with van der Waals surface area (Å²) in [5.41, 5.74) is 0.494. The molecule has 1 unspecified atom stereocenters. The summed E-state index contributed by atoms with van der Waals surface area (Å²) >= 11 is 11.8. The standard InChI is InChI=1S/C13H9Cl2NO3S.Na/c14-9-2-1-8(11(15)5-9)7-20(19)10-3-4-12(13(17)18)16-6-10;/h1-6H,7H2,(H,17,18);/q;+1/p-1. The Balaban J connectivity index is 0.00000220. The van der Waals surface area contributed by atoms with E-state index in [1.807, 2.05) is 0 Å². The van der Waals surface area contributed by atoms with Crippen LogP contribution < -0.4 is 34.7 Å². The third-order valence-corrected chi connectivity index (χ3v) is 4.44. The third-order valence-electron chi connectivity index (χ3n) is 2.51. The predicted molar refractivity (Wildman–Crippen MR) is 75.1 cm³/mol. The van der Waals surface area contributed by atoms with Gasteiger partial charge in [0.2, 0.25) is 0 Å². The maximum Gasteiger partial charge on any atom is 1.00 e. The maximum atomic E-state index is 12.1. The minimum atomic E-state index is -1.38. The van der Waals surface area contributed by atoms with Crippen LogP contribution in [0.25, 0.3) is 0 Å². The van der Waals surface area contributed by atoms with Gasteiger partial charge in [-0.3, -0.25) is 9.19 Å². The Morgan fingerprint density at radius 1 is 1.24 bits per heavy atom. The average Bonchev–Trinajstić information content (AvgIpc) is 2.42. The van der Waals surface area contributed by atoms with Crippen molar-refractivity contribution in [2.24, 2.45) is 0 Å². The monoisotopic (exact) mass is 351 g/mol. The predicted octanol–water partition coefficient (Wildman–Crippen LogP) is -0.936. The number of hydrogen-bond donors (Lipinski definition) is 0. The van der Waals surface area contributed by atoms with Crippen molar-refractivity contribution in [2.75, 3.05) is 0 Å². The molecule has 8 heteroatoms. The molecule has 0 N–H and O–H groups in total. The number of aromatic nitrogens is 1. The first-order valence-corrected chi connectivity index (χ1v) is 7.54. The number of nitrogens with zero attached hydrogens (tertiary/aromatic N) is 1. The first kappa shape index (κ1) is 18.6. The van der Waals surface area contributed by atoms with Crippen molar-refractivity contribution in [3.05, 3.63) is 57.8 Å². The summed E-state index contributed by atoms with van der Waals surface area (Å²) in [5.74, 6) is -1.18. The SMILES string of the molecule is O=C([O-])c1ccc(S(=O)Cc2ccc(Cl)cc2Cl)cn1.[Na+]. The fourth-order valence-electron chi connectivity index (χ4n) is 1.50. The molecular weight excluding hydrogens is 344 g/mol. The Kier molecular flexibility index (Phi) is 7.33. The second-order valence-corrected chi connectivity index (χ2v) is 6.19. The Labute approximate surface area is 156 Å². The summed E-state index contributed by atoms with van der Waals surface area (Å²) in [4.78, 5) is 14.7. The van der Waals surface area contributed by atoms with Gasteiger partial charge >= 0.3 is 29.6 Å². The summed E-state index contributed by atoms with van der Waals surface area (Å²) in [6.45, 7) is 0. The zero-order valence-corrected chi connectivity index (χ0v) is 15.3. The van der Waals surface area contributed by atoms with Crippen molar-refractivity contribution in [2.45, 2.75) is 10.6 Å². The van der Waals surface area contributed by atoms with Crippen molar-refractivity contribution in [3.8, 4) is 0 Å². The van der Waals surface area contributed by atoms with Gasteiger partial charge in [0.1, 0.15) is 0 Å². The van der Waals surface area contributed by atoms with E-state index in [0.717, 1.165) is 0 Å². The summed E-state index contributed by atoms with van der Waals surface area (Å²) in [6.07, 6.45) is 1.26. The number of aromatic carboxylic acids is 1. The van der Waals surface area contributed by atoms with Gasteiger partial charge in [-0.2, -0.15) is 0 Å². The second kappa shape index (κ2) is 8.27. The van der Waals surface area contributed by atoms with Crippen LogP contribution >= 0.6 is 23.2 Å². The van der Waals surface area contributed by atoms with Gasteiger partial charge < -0.3 is 9.90 Å². The quantitative estimate of drug-likeness (QED) is 0.667. The summed E-state index contributed by atoms with van der Waals surface area (Å²) < 4.78 is 12.1. The van der Waals surface area contributed by atoms with Crippen molar-refractivity contribution < 1.29 is 43.7 Å². The molecule has 0 aliphatic heterocycles. The van der Waals surface area contributed by atoms with E-state index in [0.29, 0.717) is 20.5 Å². The number of pyridine rings is 1. The van der Waals surface area contributed by atoms with E-state index in [-0.39, 0.29) is 41.0 Å². The number of rotatable bonds is 4. The molecule has 104 valence electrons. The fourth-order valence-corrected chi connectivity index (χ4v) is 3.14. The van der Waals surface area contributed by atoms with Gasteiger partial charge in [-0.1, -0.05) is 29.3 Å². The number of carboxylic acid groups (broad SMARTS) is 1. The van der Waals surface area contributed by atoms with Crippen LogP contribution in [0.4, 0.5) is 0 Å². The van der Waals surface area contributed by atoms with Crippen molar-refractivity contribution in [3.63, 3.8) is 0 Å². The van der Waals surface area contributed by atoms with Crippen LogP contribution in [0.5, 0.6) is 0 Å². The van der Waals surface area contributed by atoms with Gasteiger partial charge in [0.25, 0.3) is 0 Å². The number of hydrogen-bond acceptors (Lipinski definition) is 4. The van der Waals surface area contributed by atoms with Gasteiger partial charge in [-0.15, -0.1) is 0 Å². The first-order valence-electron chi connectivity index (χ1n) is 5.47. The fraction of sp³-hybridized carbons (Fsp3) is 0.0769. The molecule has 0 saturated heterocycles. The van der Waals surface area contributed by atoms with Crippen LogP contribution in [-0.4, -0.2) is 15.2 Å². The molecule has 1 aromatic carbocycles. The summed E-state index contributed by atoms with van der Waals surface area (Å²) in [7, 11) is -1.38. The molecule has 0 spiro atoms. The Hall–Kier alpha value is -0.430. The Morgan fingerprint density at radius 2 is 1.95 bits per heavy atom. The number of carbonyl (C=O) groups is 1. The molecule has 0 amide bonds. The molecular formula is C13H8Cl2NNaO3S. The molecule has 0 aliphatic carbocycles. The van der Waals surface area contributed by atoms with Gasteiger partial charge in [-0.25, -0.2) is 0 Å².